The van der Waals surface area contributed by atoms with E-state index >= 15 is 0 Å². The number of halogens is 1. The highest BCUT2D eigenvalue weighted by Crippen LogP contribution is 2.21. The van der Waals surface area contributed by atoms with Crippen LogP contribution >= 0.6 is 0 Å². The van der Waals surface area contributed by atoms with Gasteiger partial charge in [-0.25, -0.2) is 9.37 Å². The minimum atomic E-state index is -0.259. The van der Waals surface area contributed by atoms with Crippen LogP contribution in [0, 0.1) is 5.82 Å². The number of benzene rings is 1. The normalized spacial score (nSPS) is 11.7. The predicted octanol–water partition coefficient (Wildman–Crippen LogP) is 3.03. The molecule has 2 rings (SSSR count). The molecule has 0 saturated carbocycles. The number of nitrogens with one attached hydrogen (secondary N) is 1. The summed E-state index contributed by atoms with van der Waals surface area (Å²) in [4.78, 5) is 4.21. The summed E-state index contributed by atoms with van der Waals surface area (Å²) in [5.41, 5.74) is 0.766. The van der Waals surface area contributed by atoms with E-state index in [9.17, 15) is 4.39 Å². The number of aromatic nitrogens is 2. The van der Waals surface area contributed by atoms with Crippen molar-refractivity contribution in [1.82, 2.24) is 14.9 Å². The van der Waals surface area contributed by atoms with Crippen LogP contribution in [0.15, 0.2) is 30.6 Å². The summed E-state index contributed by atoms with van der Waals surface area (Å²) < 4.78 is 21.1. The molecule has 5 heteroatoms. The molecule has 0 fully saturated rings. The summed E-state index contributed by atoms with van der Waals surface area (Å²) in [5, 5.41) is 3.34. The van der Waals surface area contributed by atoms with Gasteiger partial charge in [0.1, 0.15) is 24.0 Å². The maximum absolute atomic E-state index is 13.4. The summed E-state index contributed by atoms with van der Waals surface area (Å²) in [6.07, 6.45) is 3.59. The van der Waals surface area contributed by atoms with Gasteiger partial charge in [0.15, 0.2) is 0 Å². The van der Waals surface area contributed by atoms with Crippen molar-refractivity contribution in [3.8, 4) is 5.75 Å². The first-order chi connectivity index (χ1) is 9.85. The molecule has 4 nitrogen and oxygen atoms in total. The molecule has 0 aliphatic carbocycles. The molecule has 0 unspecified atom stereocenters. The lowest BCUT2D eigenvalue weighted by Gasteiger charge is -2.21. The zero-order valence-corrected chi connectivity index (χ0v) is 13.0. The van der Waals surface area contributed by atoms with E-state index in [-0.39, 0.29) is 11.4 Å². The van der Waals surface area contributed by atoms with E-state index in [1.54, 1.807) is 12.3 Å². The Morgan fingerprint density at radius 1 is 1.33 bits per heavy atom. The Balaban J connectivity index is 2.09. The van der Waals surface area contributed by atoms with Crippen LogP contribution in [0.1, 0.15) is 32.2 Å². The highest BCUT2D eigenvalue weighted by molar-refractivity contribution is 5.34. The van der Waals surface area contributed by atoms with E-state index in [0.29, 0.717) is 18.9 Å². The minimum absolute atomic E-state index is 0.0384. The molecule has 0 atom stereocenters. The number of imidazole rings is 1. The molecule has 0 radical (unpaired) electrons. The monoisotopic (exact) mass is 291 g/mol. The Kier molecular flexibility index (Phi) is 4.63. The first-order valence-electron chi connectivity index (χ1n) is 6.97. The first kappa shape index (κ1) is 15.5. The third-order valence-corrected chi connectivity index (χ3v) is 3.11. The Morgan fingerprint density at radius 3 is 2.71 bits per heavy atom. The second kappa shape index (κ2) is 6.26. The van der Waals surface area contributed by atoms with Gasteiger partial charge in [-0.2, -0.15) is 0 Å². The second-order valence-electron chi connectivity index (χ2n) is 6.10. The lowest BCUT2D eigenvalue weighted by Crippen LogP contribution is -2.35. The molecule has 0 amide bonds. The zero-order chi connectivity index (χ0) is 15.5. The van der Waals surface area contributed by atoms with Gasteiger partial charge in [-0.05, 0) is 39.0 Å². The van der Waals surface area contributed by atoms with Gasteiger partial charge >= 0.3 is 0 Å². The molecule has 0 bridgehead atoms. The van der Waals surface area contributed by atoms with Crippen LogP contribution < -0.4 is 10.1 Å². The Hall–Kier alpha value is -1.88. The maximum Gasteiger partial charge on any atom is 0.146 e. The smallest absolute Gasteiger partial charge is 0.146 e. The van der Waals surface area contributed by atoms with Crippen molar-refractivity contribution in [3.63, 3.8) is 0 Å². The topological polar surface area (TPSA) is 39.1 Å². The molecule has 0 aliphatic heterocycles. The summed E-state index contributed by atoms with van der Waals surface area (Å²) in [7, 11) is 1.92. The number of hydrogen-bond donors (Lipinski definition) is 1. The summed E-state index contributed by atoms with van der Waals surface area (Å²) >= 11 is 0. The van der Waals surface area contributed by atoms with Crippen molar-refractivity contribution in [2.24, 2.45) is 7.05 Å². The third kappa shape index (κ3) is 4.56. The van der Waals surface area contributed by atoms with Crippen molar-refractivity contribution in [3.05, 3.63) is 47.8 Å². The van der Waals surface area contributed by atoms with Crippen LogP contribution in [0.3, 0.4) is 0 Å². The van der Waals surface area contributed by atoms with Crippen LogP contribution in [0.5, 0.6) is 5.75 Å². The summed E-state index contributed by atoms with van der Waals surface area (Å²) in [6, 6.07) is 4.58. The molecule has 0 aliphatic rings. The maximum atomic E-state index is 13.4. The molecule has 21 heavy (non-hydrogen) atoms. The van der Waals surface area contributed by atoms with Gasteiger partial charge in [0, 0.05) is 37.1 Å². The fraction of sp³-hybridized carbons (Fsp3) is 0.438. The Labute approximate surface area is 125 Å². The van der Waals surface area contributed by atoms with Gasteiger partial charge in [0.2, 0.25) is 0 Å². The van der Waals surface area contributed by atoms with Gasteiger partial charge in [0.25, 0.3) is 0 Å². The lowest BCUT2D eigenvalue weighted by molar-refractivity contribution is 0.286. The van der Waals surface area contributed by atoms with Gasteiger partial charge < -0.3 is 14.6 Å². The van der Waals surface area contributed by atoms with Gasteiger partial charge in [-0.3, -0.25) is 0 Å². The van der Waals surface area contributed by atoms with Crippen LogP contribution in [0.4, 0.5) is 4.39 Å². The predicted molar refractivity (Wildman–Crippen MR) is 80.5 cm³/mol. The molecule has 0 saturated heterocycles. The molecule has 2 aromatic rings. The van der Waals surface area contributed by atoms with Gasteiger partial charge in [-0.1, -0.05) is 0 Å². The zero-order valence-electron chi connectivity index (χ0n) is 13.0. The fourth-order valence-electron chi connectivity index (χ4n) is 1.87. The first-order valence-corrected chi connectivity index (χ1v) is 6.97. The molecule has 0 spiro atoms. The molecular weight excluding hydrogens is 269 g/mol. The van der Waals surface area contributed by atoms with E-state index in [4.69, 9.17) is 4.74 Å². The van der Waals surface area contributed by atoms with Crippen molar-refractivity contribution >= 4 is 0 Å². The number of rotatable bonds is 5. The standard InChI is InChI=1S/C16H22FN3O/c1-16(2,3)19-10-12-9-13(17)5-6-14(12)21-11-15-18-7-8-20(15)4/h5-9,19H,10-11H2,1-4H3. The average Bonchev–Trinajstić information content (AvgIpc) is 2.80. The van der Waals surface area contributed by atoms with E-state index in [0.717, 1.165) is 11.4 Å². The number of nitrogens with zero attached hydrogens (tertiary/aromatic N) is 2. The molecule has 1 aromatic carbocycles. The van der Waals surface area contributed by atoms with Crippen LogP contribution in [-0.4, -0.2) is 15.1 Å². The number of ether oxygens (including phenoxy) is 1. The number of aryl methyl sites for hydroxylation is 1. The molecule has 1 aromatic heterocycles. The van der Waals surface area contributed by atoms with Crippen LogP contribution in [0.2, 0.25) is 0 Å². The SMILES string of the molecule is Cn1ccnc1COc1ccc(F)cc1CNC(C)(C)C. The molecular formula is C16H22FN3O. The Bertz CT molecular complexity index is 602. The Morgan fingerprint density at radius 2 is 2.10 bits per heavy atom. The van der Waals surface area contributed by atoms with Gasteiger partial charge in [-0.15, -0.1) is 0 Å². The second-order valence-corrected chi connectivity index (χ2v) is 6.10. The van der Waals surface area contributed by atoms with Crippen molar-refractivity contribution in [2.45, 2.75) is 39.5 Å². The lowest BCUT2D eigenvalue weighted by atomic mass is 10.1. The summed E-state index contributed by atoms with van der Waals surface area (Å²) in [5.74, 6) is 1.25. The third-order valence-electron chi connectivity index (χ3n) is 3.11. The molecule has 1 N–H and O–H groups in total. The minimum Gasteiger partial charge on any atom is -0.485 e. The van der Waals surface area contributed by atoms with E-state index in [2.05, 4.69) is 31.1 Å². The van der Waals surface area contributed by atoms with Crippen molar-refractivity contribution < 1.29 is 9.13 Å². The largest absolute Gasteiger partial charge is 0.485 e. The quantitative estimate of drug-likeness (QED) is 0.920. The fourth-order valence-corrected chi connectivity index (χ4v) is 1.87. The van der Waals surface area contributed by atoms with E-state index in [1.807, 2.05) is 17.8 Å². The van der Waals surface area contributed by atoms with Crippen LogP contribution in [-0.2, 0) is 20.2 Å². The highest BCUT2D eigenvalue weighted by Gasteiger charge is 2.12. The van der Waals surface area contributed by atoms with Crippen molar-refractivity contribution in [2.75, 3.05) is 0 Å². The molecule has 1 heterocycles. The van der Waals surface area contributed by atoms with E-state index in [1.165, 1.54) is 12.1 Å². The van der Waals surface area contributed by atoms with E-state index < -0.39 is 0 Å². The van der Waals surface area contributed by atoms with Crippen molar-refractivity contribution in [1.29, 1.82) is 0 Å². The van der Waals surface area contributed by atoms with Gasteiger partial charge in [0.05, 0.1) is 0 Å². The average molecular weight is 291 g/mol. The highest BCUT2D eigenvalue weighted by atomic mass is 19.1. The van der Waals surface area contributed by atoms with Crippen LogP contribution in [0.25, 0.3) is 0 Å². The number of hydrogen-bond acceptors (Lipinski definition) is 3. The summed E-state index contributed by atoms with van der Waals surface area (Å²) in [6.45, 7) is 7.12. The molecule has 114 valence electrons.